The summed E-state index contributed by atoms with van der Waals surface area (Å²) in [5.74, 6) is -3.15. The third kappa shape index (κ3) is 7.40. The highest BCUT2D eigenvalue weighted by Gasteiger charge is 2.64. The maximum Gasteiger partial charge on any atom is 0.344 e. The average Bonchev–Trinajstić information content (AvgIpc) is 3.48. The molecule has 298 valence electrons. The summed E-state index contributed by atoms with van der Waals surface area (Å²) in [7, 11) is 1.30. The Morgan fingerprint density at radius 2 is 1.40 bits per heavy atom. The summed E-state index contributed by atoms with van der Waals surface area (Å²) in [6.07, 6.45) is -25.4. The third-order valence-electron chi connectivity index (χ3n) is 9.57. The Kier molecular flexibility index (Phi) is 13.0. The fourth-order valence-corrected chi connectivity index (χ4v) is 6.64. The molecule has 4 aliphatic rings. The van der Waals surface area contributed by atoms with Crippen molar-refractivity contribution < 1.29 is 89.1 Å². The molecule has 1 saturated carbocycles. The smallest absolute Gasteiger partial charge is 0.344 e. The molecule has 4 fully saturated rings. The van der Waals surface area contributed by atoms with E-state index in [2.05, 4.69) is 15.3 Å². The number of nitrogens with zero attached hydrogens (tertiary/aromatic N) is 2. The van der Waals surface area contributed by atoms with Gasteiger partial charge in [-0.1, -0.05) is 0 Å². The number of nitrogens with two attached hydrogens (primary N) is 4. The van der Waals surface area contributed by atoms with Gasteiger partial charge in [-0.3, -0.25) is 4.79 Å². The van der Waals surface area contributed by atoms with Crippen LogP contribution < -0.4 is 28.3 Å². The van der Waals surface area contributed by atoms with E-state index in [9.17, 15) is 60.7 Å². The molecule has 3 heterocycles. The fraction of sp³-hybridized carbons (Fsp3) is 0.852. The third-order valence-corrected chi connectivity index (χ3v) is 9.57. The molecule has 0 amide bonds. The van der Waals surface area contributed by atoms with Gasteiger partial charge in [0.25, 0.3) is 0 Å². The summed E-state index contributed by atoms with van der Waals surface area (Å²) in [6.45, 7) is -0.634. The zero-order chi connectivity index (χ0) is 39.0. The second-order valence-electron chi connectivity index (χ2n) is 12.8. The van der Waals surface area contributed by atoms with Gasteiger partial charge in [-0.2, -0.15) is 0 Å². The lowest BCUT2D eigenvalue weighted by atomic mass is 9.81. The average molecular weight is 758 g/mol. The Morgan fingerprint density at radius 1 is 0.808 bits per heavy atom. The van der Waals surface area contributed by atoms with Gasteiger partial charge in [0.2, 0.25) is 11.9 Å². The summed E-state index contributed by atoms with van der Waals surface area (Å²) in [5, 5.41) is 109. The number of guanidine groups is 2. The number of hydrogen-bond acceptors (Lipinski definition) is 20. The molecule has 25 nitrogen and oxygen atoms in total. The molecular formula is C27H47N7O18. The Balaban J connectivity index is 1.63. The van der Waals surface area contributed by atoms with E-state index >= 15 is 0 Å². The summed E-state index contributed by atoms with van der Waals surface area (Å²) >= 11 is 0. The van der Waals surface area contributed by atoms with E-state index in [0.29, 0.717) is 0 Å². The van der Waals surface area contributed by atoms with Gasteiger partial charge in [-0.05, 0) is 14.0 Å². The van der Waals surface area contributed by atoms with Crippen LogP contribution in [0.1, 0.15) is 6.92 Å². The highest BCUT2D eigenvalue weighted by atomic mass is 16.8. The van der Waals surface area contributed by atoms with E-state index in [-0.39, 0.29) is 6.29 Å². The van der Waals surface area contributed by atoms with Crippen molar-refractivity contribution in [2.24, 2.45) is 32.9 Å². The van der Waals surface area contributed by atoms with Crippen molar-refractivity contribution >= 4 is 24.2 Å². The minimum Gasteiger partial charge on any atom is -0.479 e. The van der Waals surface area contributed by atoms with Crippen LogP contribution in [0.15, 0.2) is 9.98 Å². The lowest BCUT2D eigenvalue weighted by Crippen LogP contribution is -2.68. The number of nitrogens with one attached hydrogen (secondary N) is 1. The number of likely N-dealkylation sites (N-methyl/N-ethyl adjacent to an activating group) is 1. The molecule has 52 heavy (non-hydrogen) atoms. The molecule has 3 saturated heterocycles. The van der Waals surface area contributed by atoms with Crippen LogP contribution in [0.4, 0.5) is 0 Å². The van der Waals surface area contributed by atoms with Gasteiger partial charge in [0, 0.05) is 0 Å². The van der Waals surface area contributed by atoms with Crippen LogP contribution in [-0.4, -0.2) is 211 Å². The zero-order valence-corrected chi connectivity index (χ0v) is 27.7. The van der Waals surface area contributed by atoms with Crippen LogP contribution in [0.3, 0.4) is 0 Å². The van der Waals surface area contributed by atoms with E-state index in [4.69, 9.17) is 51.4 Å². The van der Waals surface area contributed by atoms with Crippen LogP contribution in [0, 0.1) is 0 Å². The van der Waals surface area contributed by atoms with Crippen LogP contribution >= 0.6 is 0 Å². The number of carboxylic acid groups (broad SMARTS) is 1. The first-order valence-corrected chi connectivity index (χ1v) is 15.9. The summed E-state index contributed by atoms with van der Waals surface area (Å²) in [5.41, 5.74) is 16.2. The second-order valence-corrected chi connectivity index (χ2v) is 12.8. The standard InChI is InChI=1S/C27H47N7O18/c1-6-26(45,5-37)19(21(47-6)50-17-10(34-25(30)31)12(38)9(33-24(28)29)13(39)15(17)41)52-20-11(32-2)14(40)16(7(3-35)48-20)51-23-27(46,22(43)44)18(42)8(4-36)49-23/h5-21,23,32,35-36,38-42,45-46H,3-4H2,1-2H3,(H,43,44)(H4,28,29,33)(H4,30,31,34)/t6-,7?,8+,9+,10?,11?,12?,13?,14+,15-,16-,17+,18?,19+,20-,21-,23-,26?,27-/m0/s1. The van der Waals surface area contributed by atoms with E-state index in [0.717, 1.165) is 0 Å². The second kappa shape index (κ2) is 16.2. The number of carboxylic acids is 1. The molecule has 1 aliphatic carbocycles. The van der Waals surface area contributed by atoms with Crippen molar-refractivity contribution in [3.8, 4) is 0 Å². The van der Waals surface area contributed by atoms with Gasteiger partial charge < -0.3 is 108 Å². The van der Waals surface area contributed by atoms with Crippen LogP contribution in [-0.2, 0) is 38.0 Å². The minimum atomic E-state index is -3.14. The van der Waals surface area contributed by atoms with E-state index in [1.54, 1.807) is 0 Å². The monoisotopic (exact) mass is 757 g/mol. The molecule has 0 aromatic rings. The molecule has 0 bridgehead atoms. The number of rotatable bonds is 13. The lowest BCUT2D eigenvalue weighted by Gasteiger charge is -2.47. The lowest BCUT2D eigenvalue weighted by molar-refractivity contribution is -0.336. The maximum atomic E-state index is 12.4. The molecule has 0 aromatic heterocycles. The van der Waals surface area contributed by atoms with Gasteiger partial charge in [0.1, 0.15) is 73.1 Å². The summed E-state index contributed by atoms with van der Waals surface area (Å²) in [4.78, 5) is 31.9. The Hall–Kier alpha value is -2.96. The maximum absolute atomic E-state index is 12.4. The fourth-order valence-electron chi connectivity index (χ4n) is 6.64. The summed E-state index contributed by atoms with van der Waals surface area (Å²) in [6, 6.07) is -4.56. The molecule has 7 unspecified atom stereocenters. The molecule has 4 rings (SSSR count). The first kappa shape index (κ1) is 41.8. The van der Waals surface area contributed by atoms with Gasteiger partial charge in [0.15, 0.2) is 36.4 Å². The van der Waals surface area contributed by atoms with Gasteiger partial charge >= 0.3 is 5.97 Å². The Morgan fingerprint density at radius 3 is 1.92 bits per heavy atom. The molecule has 3 aliphatic heterocycles. The number of hydrogen-bond donors (Lipinski definition) is 15. The molecule has 0 aromatic carbocycles. The topological polar surface area (TPSA) is 433 Å². The van der Waals surface area contributed by atoms with Gasteiger partial charge in [0.05, 0.1) is 25.4 Å². The van der Waals surface area contributed by atoms with Crippen LogP contribution in [0.5, 0.6) is 0 Å². The molecular weight excluding hydrogens is 710 g/mol. The highest BCUT2D eigenvalue weighted by Crippen LogP contribution is 2.40. The number of aliphatic imine (C=N–C) groups is 2. The van der Waals surface area contributed by atoms with Crippen molar-refractivity contribution in [1.82, 2.24) is 5.32 Å². The number of aldehydes is 1. The van der Waals surface area contributed by atoms with Crippen molar-refractivity contribution in [2.45, 2.75) is 122 Å². The van der Waals surface area contributed by atoms with Crippen molar-refractivity contribution in [3.05, 3.63) is 0 Å². The number of aliphatic carboxylic acids is 1. The first-order valence-electron chi connectivity index (χ1n) is 15.9. The first-order chi connectivity index (χ1) is 24.3. The van der Waals surface area contributed by atoms with Crippen LogP contribution in [0.2, 0.25) is 0 Å². The van der Waals surface area contributed by atoms with E-state index in [1.165, 1.54) is 14.0 Å². The zero-order valence-electron chi connectivity index (χ0n) is 27.7. The minimum absolute atomic E-state index is 0.0606. The Labute approximate surface area is 294 Å². The van der Waals surface area contributed by atoms with E-state index < -0.39 is 146 Å². The number of carbonyl (C=O) groups excluding carboxylic acids is 1. The van der Waals surface area contributed by atoms with Crippen molar-refractivity contribution in [2.75, 3.05) is 20.3 Å². The predicted molar refractivity (Wildman–Crippen MR) is 166 cm³/mol. The van der Waals surface area contributed by atoms with Gasteiger partial charge in [-0.25, -0.2) is 14.8 Å². The molecule has 0 radical (unpaired) electrons. The van der Waals surface area contributed by atoms with Crippen molar-refractivity contribution in [1.29, 1.82) is 0 Å². The van der Waals surface area contributed by atoms with Crippen molar-refractivity contribution in [3.63, 3.8) is 0 Å². The number of aliphatic hydroxyl groups is 9. The quantitative estimate of drug-likeness (QED) is 0.0471. The highest BCUT2D eigenvalue weighted by molar-refractivity contribution is 5.79. The Bertz CT molecular complexity index is 1330. The van der Waals surface area contributed by atoms with E-state index in [1.807, 2.05) is 0 Å². The number of carbonyl (C=O) groups is 2. The molecule has 0 spiro atoms. The molecule has 25 heteroatoms. The number of aliphatic hydroxyl groups excluding tert-OH is 7. The molecule has 19 N–H and O–H groups in total. The predicted octanol–water partition coefficient (Wildman–Crippen LogP) is -10.2. The van der Waals surface area contributed by atoms with Crippen LogP contribution in [0.25, 0.3) is 0 Å². The SMILES string of the molecule is CNC1[C@H](O[C@@H]2[C@H](O[C@@H]3C(N=C(N)N)C(O)[C@@H](N=C(N)N)C(O)[C@@H]3O)O[C@@H](C)C2(O)C=O)OC(CO)[C@H](O[C@@H]2O[C@H](CO)C(O)[C@]2(O)C(=O)O)[C@@H]1O. The van der Waals surface area contributed by atoms with Gasteiger partial charge in [-0.15, -0.1) is 0 Å². The number of ether oxygens (including phenoxy) is 6. The normalized spacial score (nSPS) is 47.9. The largest absolute Gasteiger partial charge is 0.479 e. The molecule has 19 atom stereocenters. The summed E-state index contributed by atoms with van der Waals surface area (Å²) < 4.78 is 34.2.